The lowest BCUT2D eigenvalue weighted by atomic mass is 9.89. The first-order valence-electron chi connectivity index (χ1n) is 8.69. The largest absolute Gasteiger partial charge is 0.355 e. The summed E-state index contributed by atoms with van der Waals surface area (Å²) in [7, 11) is 0. The first-order chi connectivity index (χ1) is 10.6. The molecule has 0 radical (unpaired) electrons. The summed E-state index contributed by atoms with van der Waals surface area (Å²) >= 11 is 0. The van der Waals surface area contributed by atoms with Gasteiger partial charge in [-0.2, -0.15) is 0 Å². The van der Waals surface area contributed by atoms with Gasteiger partial charge in [0.25, 0.3) is 0 Å². The summed E-state index contributed by atoms with van der Waals surface area (Å²) in [5.74, 6) is 1.17. The molecule has 2 aliphatic heterocycles. The minimum absolute atomic E-state index is 0. The molecule has 2 saturated heterocycles. The van der Waals surface area contributed by atoms with E-state index in [4.69, 9.17) is 0 Å². The molecular weight excluding hydrogens is 308 g/mol. The highest BCUT2D eigenvalue weighted by Crippen LogP contribution is 2.32. The van der Waals surface area contributed by atoms with E-state index in [1.54, 1.807) is 0 Å². The number of benzene rings is 1. The third kappa shape index (κ3) is 4.95. The van der Waals surface area contributed by atoms with Gasteiger partial charge in [0.05, 0.1) is 0 Å². The first-order valence-corrected chi connectivity index (χ1v) is 8.69. The highest BCUT2D eigenvalue weighted by Gasteiger charge is 2.34. The number of hydrogen-bond donors (Lipinski definition) is 2. The molecule has 0 spiro atoms. The summed E-state index contributed by atoms with van der Waals surface area (Å²) in [5.41, 5.74) is 2.58. The van der Waals surface area contributed by atoms with Crippen molar-refractivity contribution in [2.24, 2.45) is 5.92 Å². The first kappa shape index (κ1) is 18.3. The molecule has 4 heteroatoms. The van der Waals surface area contributed by atoms with E-state index < -0.39 is 0 Å². The van der Waals surface area contributed by atoms with Crippen LogP contribution in [0.1, 0.15) is 56.1 Å². The number of carbonyl (C=O) groups is 1. The number of halogens is 1. The van der Waals surface area contributed by atoms with Crippen LogP contribution in [0.15, 0.2) is 24.3 Å². The number of fused-ring (bicyclic) bond motifs is 2. The van der Waals surface area contributed by atoms with E-state index in [1.165, 1.54) is 36.8 Å². The highest BCUT2D eigenvalue weighted by molar-refractivity contribution is 5.85. The summed E-state index contributed by atoms with van der Waals surface area (Å²) in [5, 5.41) is 6.77. The second-order valence-electron chi connectivity index (χ2n) is 7.30. The third-order valence-corrected chi connectivity index (χ3v) is 5.30. The normalized spacial score (nSPS) is 27.1. The molecule has 1 aromatic carbocycles. The molecule has 2 fully saturated rings. The maximum atomic E-state index is 12.2. The second-order valence-corrected chi connectivity index (χ2v) is 7.30. The van der Waals surface area contributed by atoms with E-state index in [9.17, 15) is 4.79 Å². The molecule has 2 bridgehead atoms. The summed E-state index contributed by atoms with van der Waals surface area (Å²) in [4.78, 5) is 12.2. The molecule has 2 heterocycles. The van der Waals surface area contributed by atoms with Crippen LogP contribution < -0.4 is 10.6 Å². The summed E-state index contributed by atoms with van der Waals surface area (Å²) in [6, 6.07) is 9.94. The van der Waals surface area contributed by atoms with Gasteiger partial charge in [-0.1, -0.05) is 36.8 Å². The third-order valence-electron chi connectivity index (χ3n) is 5.30. The van der Waals surface area contributed by atoms with Crippen molar-refractivity contribution in [1.82, 2.24) is 10.6 Å². The van der Waals surface area contributed by atoms with Gasteiger partial charge < -0.3 is 10.6 Å². The van der Waals surface area contributed by atoms with E-state index in [0.717, 1.165) is 6.54 Å². The molecule has 1 aromatic rings. The van der Waals surface area contributed by atoms with E-state index in [-0.39, 0.29) is 18.3 Å². The molecule has 0 saturated carbocycles. The fourth-order valence-corrected chi connectivity index (χ4v) is 3.96. The Morgan fingerprint density at radius 1 is 1.22 bits per heavy atom. The SMILES string of the molecule is Cc1ccc(C(C)CNC(=O)CC2CC3CCC(C2)N3)cc1.Cl. The number of carbonyl (C=O) groups excluding carboxylic acids is 1. The van der Waals surface area contributed by atoms with Crippen molar-refractivity contribution in [3.05, 3.63) is 35.4 Å². The van der Waals surface area contributed by atoms with Crippen molar-refractivity contribution in [2.45, 2.75) is 64.0 Å². The minimum Gasteiger partial charge on any atom is -0.355 e. The standard InChI is InChI=1S/C19H28N2O.ClH/c1-13-3-5-16(6-4-13)14(2)12-20-19(22)11-15-9-17-7-8-18(10-15)21-17;/h3-6,14-15,17-18,21H,7-12H2,1-2H3,(H,20,22);1H. The minimum atomic E-state index is 0. The lowest BCUT2D eigenvalue weighted by Gasteiger charge is -2.28. The predicted molar refractivity (Wildman–Crippen MR) is 97.1 cm³/mol. The van der Waals surface area contributed by atoms with Gasteiger partial charge in [-0.3, -0.25) is 4.79 Å². The maximum absolute atomic E-state index is 12.2. The monoisotopic (exact) mass is 336 g/mol. The van der Waals surface area contributed by atoms with Gasteiger partial charge >= 0.3 is 0 Å². The van der Waals surface area contributed by atoms with Crippen LogP contribution in [0, 0.1) is 12.8 Å². The quantitative estimate of drug-likeness (QED) is 0.863. The number of aryl methyl sites for hydroxylation is 1. The van der Waals surface area contributed by atoms with Gasteiger partial charge in [-0.15, -0.1) is 12.4 Å². The molecule has 3 nitrogen and oxygen atoms in total. The Bertz CT molecular complexity index is 505. The molecule has 2 aliphatic rings. The van der Waals surface area contributed by atoms with Crippen LogP contribution in [0.25, 0.3) is 0 Å². The molecule has 3 atom stereocenters. The zero-order valence-corrected chi connectivity index (χ0v) is 15.0. The molecule has 2 N–H and O–H groups in total. The summed E-state index contributed by atoms with van der Waals surface area (Å²) in [6.45, 7) is 5.01. The number of nitrogens with one attached hydrogen (secondary N) is 2. The van der Waals surface area contributed by atoms with Gasteiger partial charge in [0.15, 0.2) is 0 Å². The lowest BCUT2D eigenvalue weighted by Crippen LogP contribution is -2.40. The number of hydrogen-bond acceptors (Lipinski definition) is 2. The van der Waals surface area contributed by atoms with Crippen molar-refractivity contribution >= 4 is 18.3 Å². The number of piperidine rings is 1. The van der Waals surface area contributed by atoms with E-state index >= 15 is 0 Å². The van der Waals surface area contributed by atoms with Crippen LogP contribution in [0.5, 0.6) is 0 Å². The van der Waals surface area contributed by atoms with E-state index in [1.807, 2.05) is 0 Å². The van der Waals surface area contributed by atoms with Crippen molar-refractivity contribution < 1.29 is 4.79 Å². The fraction of sp³-hybridized carbons (Fsp3) is 0.632. The zero-order chi connectivity index (χ0) is 15.5. The highest BCUT2D eigenvalue weighted by atomic mass is 35.5. The zero-order valence-electron chi connectivity index (χ0n) is 14.2. The molecule has 128 valence electrons. The fourth-order valence-electron chi connectivity index (χ4n) is 3.96. The molecule has 3 rings (SSSR count). The summed E-state index contributed by atoms with van der Waals surface area (Å²) < 4.78 is 0. The lowest BCUT2D eigenvalue weighted by molar-refractivity contribution is -0.122. The summed E-state index contributed by atoms with van der Waals surface area (Å²) in [6.07, 6.45) is 5.66. The molecule has 23 heavy (non-hydrogen) atoms. The molecule has 1 amide bonds. The molecule has 0 aromatic heterocycles. The maximum Gasteiger partial charge on any atom is 0.220 e. The van der Waals surface area contributed by atoms with E-state index in [2.05, 4.69) is 48.7 Å². The van der Waals surface area contributed by atoms with Crippen LogP contribution in [0.3, 0.4) is 0 Å². The molecular formula is C19H29ClN2O. The average molecular weight is 337 g/mol. The average Bonchev–Trinajstić information content (AvgIpc) is 2.84. The van der Waals surface area contributed by atoms with Gasteiger partial charge in [0.2, 0.25) is 5.91 Å². The van der Waals surface area contributed by atoms with Crippen molar-refractivity contribution in [3.63, 3.8) is 0 Å². The van der Waals surface area contributed by atoms with Crippen LogP contribution in [-0.4, -0.2) is 24.5 Å². The van der Waals surface area contributed by atoms with Crippen molar-refractivity contribution in [1.29, 1.82) is 0 Å². The Kier molecular flexibility index (Phi) is 6.49. The Morgan fingerprint density at radius 3 is 2.43 bits per heavy atom. The smallest absolute Gasteiger partial charge is 0.220 e. The molecule has 0 aliphatic carbocycles. The van der Waals surface area contributed by atoms with Crippen molar-refractivity contribution in [3.8, 4) is 0 Å². The van der Waals surface area contributed by atoms with Crippen LogP contribution >= 0.6 is 12.4 Å². The Labute approximate surface area is 146 Å². The van der Waals surface area contributed by atoms with Crippen molar-refractivity contribution in [2.75, 3.05) is 6.54 Å². The van der Waals surface area contributed by atoms with Gasteiger partial charge in [-0.25, -0.2) is 0 Å². The second kappa shape index (κ2) is 8.16. The predicted octanol–water partition coefficient (Wildman–Crippen LogP) is 3.56. The van der Waals surface area contributed by atoms with Crippen LogP contribution in [0.2, 0.25) is 0 Å². The number of amides is 1. The molecule has 3 unspecified atom stereocenters. The Balaban J connectivity index is 0.00000192. The van der Waals surface area contributed by atoms with Crippen LogP contribution in [0.4, 0.5) is 0 Å². The Hall–Kier alpha value is -1.06. The topological polar surface area (TPSA) is 41.1 Å². The van der Waals surface area contributed by atoms with Gasteiger partial charge in [-0.05, 0) is 50.0 Å². The van der Waals surface area contributed by atoms with Gasteiger partial charge in [0, 0.05) is 25.0 Å². The Morgan fingerprint density at radius 2 is 1.83 bits per heavy atom. The van der Waals surface area contributed by atoms with Crippen LogP contribution in [-0.2, 0) is 4.79 Å². The van der Waals surface area contributed by atoms with E-state index in [0.29, 0.717) is 30.3 Å². The number of rotatable bonds is 5. The van der Waals surface area contributed by atoms with Gasteiger partial charge in [0.1, 0.15) is 0 Å².